The predicted octanol–water partition coefficient (Wildman–Crippen LogP) is 6.82. The number of anilines is 5. The SMILES string of the molecule is O=S(=O)(O)CCCOc1cc(N=Nc2ccc(SOOO)cc2)ccc1Nc1nc(NCCS(=O)(=O)O)nc(Nc2ccc(N=Nc3ccc(S(=O)(=O)O)cc3)cc2)n1. The van der Waals surface area contributed by atoms with Crippen LogP contribution < -0.4 is 20.7 Å². The fourth-order valence-electron chi connectivity index (χ4n) is 4.48. The lowest BCUT2D eigenvalue weighted by Gasteiger charge is -2.15. The van der Waals surface area contributed by atoms with Gasteiger partial charge in [0.2, 0.25) is 17.8 Å². The van der Waals surface area contributed by atoms with E-state index in [0.717, 1.165) is 12.0 Å². The van der Waals surface area contributed by atoms with Crippen LogP contribution in [0.3, 0.4) is 0 Å². The second-order valence-electron chi connectivity index (χ2n) is 11.6. The van der Waals surface area contributed by atoms with Gasteiger partial charge >= 0.3 is 0 Å². The van der Waals surface area contributed by atoms with Gasteiger partial charge in [0.1, 0.15) is 5.75 Å². The minimum atomic E-state index is -4.36. The average molecular weight is 893 g/mol. The Labute approximate surface area is 340 Å². The van der Waals surface area contributed by atoms with Crippen molar-refractivity contribution in [1.29, 1.82) is 0 Å². The van der Waals surface area contributed by atoms with Gasteiger partial charge in [0.25, 0.3) is 30.4 Å². The first-order chi connectivity index (χ1) is 28.0. The van der Waals surface area contributed by atoms with Gasteiger partial charge < -0.3 is 20.7 Å². The predicted molar refractivity (Wildman–Crippen MR) is 212 cm³/mol. The molecule has 27 heteroatoms. The Morgan fingerprint density at radius 2 is 1.15 bits per heavy atom. The molecule has 0 aliphatic heterocycles. The number of ether oxygens (including phenoxy) is 1. The summed E-state index contributed by atoms with van der Waals surface area (Å²) in [5, 5.41) is 37.2. The first-order valence-electron chi connectivity index (χ1n) is 16.5. The van der Waals surface area contributed by atoms with Crippen LogP contribution in [0.25, 0.3) is 0 Å². The summed E-state index contributed by atoms with van der Waals surface area (Å²) in [6.07, 6.45) is -0.0641. The summed E-state index contributed by atoms with van der Waals surface area (Å²) >= 11 is 0.766. The molecule has 0 saturated carbocycles. The summed E-state index contributed by atoms with van der Waals surface area (Å²) in [5.41, 5.74) is 2.27. The molecule has 23 nitrogen and oxygen atoms in total. The van der Waals surface area contributed by atoms with Crippen LogP contribution in [0.1, 0.15) is 6.42 Å². The highest BCUT2D eigenvalue weighted by atomic mass is 32.2. The third kappa shape index (κ3) is 15.5. The van der Waals surface area contributed by atoms with Crippen molar-refractivity contribution in [2.75, 3.05) is 40.6 Å². The summed E-state index contributed by atoms with van der Waals surface area (Å²) < 4.78 is 106. The van der Waals surface area contributed by atoms with Crippen LogP contribution in [0.2, 0.25) is 0 Å². The van der Waals surface area contributed by atoms with E-state index < -0.39 is 41.9 Å². The fraction of sp³-hybridized carbons (Fsp3) is 0.156. The average Bonchev–Trinajstić information content (AvgIpc) is 3.17. The number of aromatic nitrogens is 3. The van der Waals surface area contributed by atoms with E-state index in [4.69, 9.17) is 19.1 Å². The Morgan fingerprint density at radius 3 is 1.73 bits per heavy atom. The van der Waals surface area contributed by atoms with Gasteiger partial charge in [-0.25, -0.2) is 5.26 Å². The summed E-state index contributed by atoms with van der Waals surface area (Å²) in [5.74, 6) is -1.26. The normalized spacial score (nSPS) is 12.2. The van der Waals surface area contributed by atoms with E-state index >= 15 is 0 Å². The fourth-order valence-corrected chi connectivity index (χ4v) is 6.16. The number of benzene rings is 4. The van der Waals surface area contributed by atoms with Crippen LogP contribution in [0.4, 0.5) is 52.0 Å². The molecule has 0 aliphatic carbocycles. The van der Waals surface area contributed by atoms with Crippen LogP contribution in [-0.2, 0) is 39.7 Å². The van der Waals surface area contributed by atoms with Crippen molar-refractivity contribution < 1.29 is 58.3 Å². The van der Waals surface area contributed by atoms with Crippen LogP contribution in [0.5, 0.6) is 5.75 Å². The van der Waals surface area contributed by atoms with Crippen molar-refractivity contribution in [1.82, 2.24) is 15.0 Å². The molecule has 5 aromatic rings. The minimum absolute atomic E-state index is 0.0222. The molecule has 0 radical (unpaired) electrons. The van der Waals surface area contributed by atoms with E-state index in [1.165, 1.54) is 30.3 Å². The van der Waals surface area contributed by atoms with Crippen molar-refractivity contribution in [2.45, 2.75) is 16.2 Å². The van der Waals surface area contributed by atoms with Crippen LogP contribution in [0, 0.1) is 0 Å². The quantitative estimate of drug-likeness (QED) is 0.00991. The van der Waals surface area contributed by atoms with E-state index in [2.05, 4.69) is 60.7 Å². The van der Waals surface area contributed by atoms with Crippen molar-refractivity contribution in [3.63, 3.8) is 0 Å². The highest BCUT2D eigenvalue weighted by Gasteiger charge is 2.14. The molecule has 0 aliphatic rings. The zero-order valence-corrected chi connectivity index (χ0v) is 33.2. The minimum Gasteiger partial charge on any atom is -0.491 e. The van der Waals surface area contributed by atoms with Crippen molar-refractivity contribution in [2.24, 2.45) is 20.5 Å². The number of hydrogen-bond donors (Lipinski definition) is 7. The summed E-state index contributed by atoms with van der Waals surface area (Å²) in [6, 6.07) is 22.7. The largest absolute Gasteiger partial charge is 0.491 e. The van der Waals surface area contributed by atoms with Crippen LogP contribution >= 0.6 is 12.0 Å². The third-order valence-electron chi connectivity index (χ3n) is 7.11. The molecule has 5 rings (SSSR count). The maximum absolute atomic E-state index is 11.3. The molecule has 1 heterocycles. The van der Waals surface area contributed by atoms with E-state index in [1.807, 2.05) is 0 Å². The lowest BCUT2D eigenvalue weighted by atomic mass is 10.2. The lowest BCUT2D eigenvalue weighted by molar-refractivity contribution is -0.432. The molecular formula is C32H32N10O13S4. The molecule has 0 atom stereocenters. The van der Waals surface area contributed by atoms with E-state index in [1.54, 1.807) is 60.7 Å². The second-order valence-corrected chi connectivity index (χ2v) is 16.9. The Kier molecular flexibility index (Phi) is 15.3. The molecule has 4 aromatic carbocycles. The number of nitrogens with one attached hydrogen (secondary N) is 3. The highest BCUT2D eigenvalue weighted by molar-refractivity contribution is 7.94. The Morgan fingerprint density at radius 1 is 0.627 bits per heavy atom. The van der Waals surface area contributed by atoms with E-state index in [0.29, 0.717) is 33.3 Å². The zero-order valence-electron chi connectivity index (χ0n) is 29.9. The molecule has 0 bridgehead atoms. The van der Waals surface area contributed by atoms with Gasteiger partial charge in [0.15, 0.2) is 0 Å². The van der Waals surface area contributed by atoms with Gasteiger partial charge in [-0.1, -0.05) is 5.04 Å². The molecule has 59 heavy (non-hydrogen) atoms. The van der Waals surface area contributed by atoms with Gasteiger partial charge in [-0.05, 0) is 91.3 Å². The Balaban J connectivity index is 1.37. The number of nitrogens with zero attached hydrogens (tertiary/aromatic N) is 7. The molecule has 312 valence electrons. The van der Waals surface area contributed by atoms with Gasteiger partial charge in [0, 0.05) is 23.2 Å². The van der Waals surface area contributed by atoms with E-state index in [-0.39, 0.29) is 53.7 Å². The number of hydrogen-bond acceptors (Lipinski definition) is 21. The van der Waals surface area contributed by atoms with Gasteiger partial charge in [-0.2, -0.15) is 60.7 Å². The maximum atomic E-state index is 11.3. The third-order valence-corrected chi connectivity index (χ3v) is 10.1. The lowest BCUT2D eigenvalue weighted by Crippen LogP contribution is -2.17. The molecular weight excluding hydrogens is 861 g/mol. The maximum Gasteiger partial charge on any atom is 0.294 e. The molecule has 0 unspecified atom stereocenters. The second kappa shape index (κ2) is 20.3. The van der Waals surface area contributed by atoms with Gasteiger partial charge in [0.05, 0.1) is 63.5 Å². The van der Waals surface area contributed by atoms with Crippen LogP contribution in [0.15, 0.2) is 121 Å². The Hall–Kier alpha value is -5.75. The smallest absolute Gasteiger partial charge is 0.294 e. The monoisotopic (exact) mass is 892 g/mol. The number of azo groups is 2. The first-order valence-corrected chi connectivity index (χ1v) is 21.9. The van der Waals surface area contributed by atoms with Crippen molar-refractivity contribution >= 4 is 94.4 Å². The Bertz CT molecular complexity index is 2600. The first kappa shape index (κ1) is 44.4. The molecule has 0 fully saturated rings. The summed E-state index contributed by atoms with van der Waals surface area (Å²) in [6.45, 7) is -0.412. The van der Waals surface area contributed by atoms with Gasteiger partial charge in [-0.15, -0.1) is 4.33 Å². The topological polar surface area (TPSA) is 335 Å². The highest BCUT2D eigenvalue weighted by Crippen LogP contribution is 2.33. The summed E-state index contributed by atoms with van der Waals surface area (Å²) in [4.78, 5) is 13.3. The van der Waals surface area contributed by atoms with E-state index in [9.17, 15) is 29.8 Å². The molecule has 0 spiro atoms. The molecule has 0 saturated heterocycles. The molecule has 0 amide bonds. The van der Waals surface area contributed by atoms with Crippen LogP contribution in [-0.4, -0.2) is 83.8 Å². The molecule has 7 N–H and O–H groups in total. The molecule has 1 aromatic heterocycles. The zero-order chi connectivity index (χ0) is 42.5. The van der Waals surface area contributed by atoms with Gasteiger partial charge in [-0.3, -0.25) is 13.7 Å². The standard InChI is InChI=1S/C32H32N10O13S4/c43-54-55-56-26-11-6-23(7-12-26)41-42-25-10-15-28(29(20-25)53-17-1-18-57(44,45)46)35-32-37-30(33-16-19-58(47,48)49)36-31(38-32)34-21-2-4-22(5-3-21)39-40-24-8-13-27(14-9-24)59(50,51)52/h2-15,20,43H,1,16-19H2,(H,44,45,46)(H,47,48,49)(H,50,51,52)(H3,33,34,35,36,37,38). The van der Waals surface area contributed by atoms with Crippen molar-refractivity contribution in [3.8, 4) is 5.75 Å². The number of rotatable bonds is 21. The summed E-state index contributed by atoms with van der Waals surface area (Å²) in [7, 11) is -12.9. The van der Waals surface area contributed by atoms with Crippen molar-refractivity contribution in [3.05, 3.63) is 91.0 Å².